The zero-order valence-corrected chi connectivity index (χ0v) is 12.1. The number of rotatable bonds is 2. The molecule has 0 N–H and O–H groups in total. The molecule has 0 saturated heterocycles. The van der Waals surface area contributed by atoms with E-state index < -0.39 is 0 Å². The third kappa shape index (κ3) is 2.43. The van der Waals surface area contributed by atoms with Crippen molar-refractivity contribution < 1.29 is 9.18 Å². The first-order valence-electron chi connectivity index (χ1n) is 6.56. The Morgan fingerprint density at radius 3 is 2.43 bits per heavy atom. The molecule has 0 aromatic heterocycles. The molecule has 0 saturated carbocycles. The van der Waals surface area contributed by atoms with Crippen molar-refractivity contribution in [2.75, 3.05) is 0 Å². The summed E-state index contributed by atoms with van der Waals surface area (Å²) < 4.78 is 13.8. The molecule has 0 aliphatic rings. The average molecular weight is 299 g/mol. The van der Waals surface area contributed by atoms with Gasteiger partial charge >= 0.3 is 0 Å². The van der Waals surface area contributed by atoms with Crippen LogP contribution in [0.15, 0.2) is 54.6 Å². The van der Waals surface area contributed by atoms with Crippen molar-refractivity contribution in [2.24, 2.45) is 0 Å². The van der Waals surface area contributed by atoms with E-state index in [-0.39, 0.29) is 11.6 Å². The predicted molar refractivity (Wildman–Crippen MR) is 83.5 cm³/mol. The Kier molecular flexibility index (Phi) is 3.48. The molecule has 104 valence electrons. The van der Waals surface area contributed by atoms with Crippen LogP contribution in [0.2, 0.25) is 5.02 Å². The fourth-order valence-corrected chi connectivity index (χ4v) is 2.53. The monoisotopic (exact) mass is 298 g/mol. The van der Waals surface area contributed by atoms with E-state index in [0.29, 0.717) is 26.9 Å². The number of carbonyl (C=O) groups is 1. The molecule has 3 rings (SSSR count). The van der Waals surface area contributed by atoms with Crippen molar-refractivity contribution >= 4 is 28.2 Å². The summed E-state index contributed by atoms with van der Waals surface area (Å²) in [6.07, 6.45) is 0. The van der Waals surface area contributed by atoms with E-state index in [1.807, 2.05) is 6.92 Å². The maximum absolute atomic E-state index is 13.8. The van der Waals surface area contributed by atoms with Crippen LogP contribution in [0, 0.1) is 12.7 Å². The van der Waals surface area contributed by atoms with Crippen LogP contribution in [-0.2, 0) is 0 Å². The highest BCUT2D eigenvalue weighted by Crippen LogP contribution is 2.25. The number of carbonyl (C=O) groups excluding carboxylic acids is 1. The molecule has 0 atom stereocenters. The number of hydrogen-bond acceptors (Lipinski definition) is 1. The molecule has 0 radical (unpaired) electrons. The zero-order valence-electron chi connectivity index (χ0n) is 11.4. The predicted octanol–water partition coefficient (Wildman–Crippen LogP) is 5.17. The molecule has 0 spiro atoms. The molecule has 0 amide bonds. The Balaban J connectivity index is 2.18. The topological polar surface area (TPSA) is 17.1 Å². The summed E-state index contributed by atoms with van der Waals surface area (Å²) in [5.41, 5.74) is 1.89. The number of aryl methyl sites for hydroxylation is 1. The van der Waals surface area contributed by atoms with Crippen LogP contribution >= 0.6 is 11.6 Å². The zero-order chi connectivity index (χ0) is 15.0. The Hall–Kier alpha value is -2.19. The third-order valence-corrected chi connectivity index (χ3v) is 3.96. The molecule has 3 aromatic carbocycles. The first-order chi connectivity index (χ1) is 10.1. The van der Waals surface area contributed by atoms with E-state index in [1.54, 1.807) is 42.5 Å². The van der Waals surface area contributed by atoms with Crippen LogP contribution in [0.4, 0.5) is 4.39 Å². The van der Waals surface area contributed by atoms with Gasteiger partial charge in [0.15, 0.2) is 5.78 Å². The fraction of sp³-hybridized carbons (Fsp3) is 0.0556. The highest BCUT2D eigenvalue weighted by atomic mass is 35.5. The minimum atomic E-state index is -0.330. The minimum Gasteiger partial charge on any atom is -0.289 e. The Morgan fingerprint density at radius 2 is 1.71 bits per heavy atom. The minimum absolute atomic E-state index is 0.159. The SMILES string of the molecule is Cc1ccc(C(=O)c2ccc(F)c3ccccc23)cc1Cl. The van der Waals surface area contributed by atoms with E-state index in [4.69, 9.17) is 11.6 Å². The van der Waals surface area contributed by atoms with Gasteiger partial charge in [-0.1, -0.05) is 48.0 Å². The van der Waals surface area contributed by atoms with Gasteiger partial charge in [0.1, 0.15) is 5.82 Å². The van der Waals surface area contributed by atoms with Crippen molar-refractivity contribution in [3.05, 3.63) is 82.1 Å². The third-order valence-electron chi connectivity index (χ3n) is 3.55. The van der Waals surface area contributed by atoms with Gasteiger partial charge in [0.2, 0.25) is 0 Å². The van der Waals surface area contributed by atoms with Crippen molar-refractivity contribution in [2.45, 2.75) is 6.92 Å². The normalized spacial score (nSPS) is 10.8. The maximum atomic E-state index is 13.8. The van der Waals surface area contributed by atoms with Gasteiger partial charge in [-0.3, -0.25) is 4.79 Å². The first kappa shape index (κ1) is 13.8. The van der Waals surface area contributed by atoms with E-state index >= 15 is 0 Å². The molecule has 21 heavy (non-hydrogen) atoms. The van der Waals surface area contributed by atoms with Crippen LogP contribution in [0.25, 0.3) is 10.8 Å². The van der Waals surface area contributed by atoms with Crippen LogP contribution in [-0.4, -0.2) is 5.78 Å². The fourth-order valence-electron chi connectivity index (χ4n) is 2.35. The Bertz CT molecular complexity index is 855. The molecule has 0 aliphatic carbocycles. The summed E-state index contributed by atoms with van der Waals surface area (Å²) in [5, 5.41) is 1.60. The van der Waals surface area contributed by atoms with Gasteiger partial charge in [-0.05, 0) is 36.1 Å². The van der Waals surface area contributed by atoms with Crippen molar-refractivity contribution in [1.29, 1.82) is 0 Å². The van der Waals surface area contributed by atoms with Crippen molar-refractivity contribution in [3.63, 3.8) is 0 Å². The smallest absolute Gasteiger partial charge is 0.193 e. The molecular weight excluding hydrogens is 287 g/mol. The molecule has 0 unspecified atom stereocenters. The van der Waals surface area contributed by atoms with Gasteiger partial charge < -0.3 is 0 Å². The second-order valence-corrected chi connectivity index (χ2v) is 5.34. The number of benzene rings is 3. The molecular formula is C18H12ClFO. The van der Waals surface area contributed by atoms with Crippen LogP contribution < -0.4 is 0 Å². The van der Waals surface area contributed by atoms with Crippen molar-refractivity contribution in [3.8, 4) is 0 Å². The lowest BCUT2D eigenvalue weighted by Gasteiger charge is -2.08. The maximum Gasteiger partial charge on any atom is 0.193 e. The lowest BCUT2D eigenvalue weighted by Crippen LogP contribution is -2.03. The van der Waals surface area contributed by atoms with Gasteiger partial charge in [-0.15, -0.1) is 0 Å². The number of hydrogen-bond donors (Lipinski definition) is 0. The van der Waals surface area contributed by atoms with Crippen LogP contribution in [0.1, 0.15) is 21.5 Å². The number of halogens is 2. The number of fused-ring (bicyclic) bond motifs is 1. The summed E-state index contributed by atoms with van der Waals surface area (Å²) in [7, 11) is 0. The van der Waals surface area contributed by atoms with E-state index in [1.165, 1.54) is 12.1 Å². The molecule has 3 aromatic rings. The van der Waals surface area contributed by atoms with Crippen LogP contribution in [0.3, 0.4) is 0 Å². The molecule has 0 aliphatic heterocycles. The highest BCUT2D eigenvalue weighted by Gasteiger charge is 2.15. The van der Waals surface area contributed by atoms with Crippen LogP contribution in [0.5, 0.6) is 0 Å². The summed E-state index contributed by atoms with van der Waals surface area (Å²) in [6, 6.07) is 15.0. The summed E-state index contributed by atoms with van der Waals surface area (Å²) in [6.45, 7) is 1.88. The largest absolute Gasteiger partial charge is 0.289 e. The average Bonchev–Trinajstić information content (AvgIpc) is 2.50. The van der Waals surface area contributed by atoms with Gasteiger partial charge in [0, 0.05) is 21.5 Å². The molecule has 0 heterocycles. The van der Waals surface area contributed by atoms with Gasteiger partial charge in [0.05, 0.1) is 0 Å². The molecule has 0 bridgehead atoms. The second kappa shape index (κ2) is 5.30. The summed E-state index contributed by atoms with van der Waals surface area (Å²) >= 11 is 6.08. The van der Waals surface area contributed by atoms with E-state index in [2.05, 4.69) is 0 Å². The lowest BCUT2D eigenvalue weighted by atomic mass is 9.96. The van der Waals surface area contributed by atoms with Crippen molar-refractivity contribution in [1.82, 2.24) is 0 Å². The van der Waals surface area contributed by atoms with Gasteiger partial charge in [0.25, 0.3) is 0 Å². The quantitative estimate of drug-likeness (QED) is 0.596. The van der Waals surface area contributed by atoms with E-state index in [9.17, 15) is 9.18 Å². The Labute approximate surface area is 127 Å². The second-order valence-electron chi connectivity index (χ2n) is 4.93. The molecule has 3 heteroatoms. The number of ketones is 1. The van der Waals surface area contributed by atoms with Gasteiger partial charge in [-0.2, -0.15) is 0 Å². The Morgan fingerprint density at radius 1 is 1.00 bits per heavy atom. The lowest BCUT2D eigenvalue weighted by molar-refractivity contribution is 0.104. The highest BCUT2D eigenvalue weighted by molar-refractivity contribution is 6.32. The summed E-state index contributed by atoms with van der Waals surface area (Å²) in [5.74, 6) is -0.489. The van der Waals surface area contributed by atoms with Gasteiger partial charge in [-0.25, -0.2) is 4.39 Å². The molecule has 0 fully saturated rings. The summed E-state index contributed by atoms with van der Waals surface area (Å²) in [4.78, 5) is 12.7. The first-order valence-corrected chi connectivity index (χ1v) is 6.94. The van der Waals surface area contributed by atoms with E-state index in [0.717, 1.165) is 5.56 Å². The molecule has 1 nitrogen and oxygen atoms in total. The standard InChI is InChI=1S/C18H12ClFO/c1-11-6-7-12(10-16(11)19)18(21)15-8-9-17(20)14-5-3-2-4-13(14)15/h2-10H,1H3.